The normalized spacial score (nSPS) is 8.79. The molecule has 0 fully saturated rings. The molecule has 14 heavy (non-hydrogen) atoms. The highest BCUT2D eigenvalue weighted by molar-refractivity contribution is 5.76. The van der Waals surface area contributed by atoms with Crippen LogP contribution >= 0.6 is 0 Å². The molecule has 0 aromatic heterocycles. The van der Waals surface area contributed by atoms with Gasteiger partial charge >= 0.3 is 0 Å². The van der Waals surface area contributed by atoms with Gasteiger partial charge in [0, 0.05) is 6.54 Å². The topological polar surface area (TPSA) is 95.1 Å². The van der Waals surface area contributed by atoms with Gasteiger partial charge in [-0.05, 0) is 18.2 Å². The van der Waals surface area contributed by atoms with Gasteiger partial charge in [0.1, 0.15) is 0 Å². The second kappa shape index (κ2) is 7.06. The number of hydrogen-bond acceptors (Lipinski definition) is 3. The molecule has 0 aliphatic heterocycles. The lowest BCUT2D eigenvalue weighted by Gasteiger charge is -1.99. The van der Waals surface area contributed by atoms with Crippen molar-refractivity contribution in [2.24, 2.45) is 17.2 Å². The Labute approximate surface area is 84.1 Å². The van der Waals surface area contributed by atoms with Crippen LogP contribution < -0.4 is 17.2 Å². The lowest BCUT2D eigenvalue weighted by atomic mass is 10.1. The third-order valence-corrected chi connectivity index (χ3v) is 1.64. The SMILES string of the molecule is CN.NCc1ccc(CC(N)=O)cc1. The molecule has 1 amide bonds. The Morgan fingerprint density at radius 1 is 1.14 bits per heavy atom. The molecule has 0 spiro atoms. The number of primary amides is 1. The molecule has 1 aromatic carbocycles. The Bertz CT molecular complexity index is 269. The first-order valence-electron chi connectivity index (χ1n) is 4.36. The average molecular weight is 195 g/mol. The van der Waals surface area contributed by atoms with Crippen LogP contribution in [0.5, 0.6) is 0 Å². The predicted octanol–water partition coefficient (Wildman–Crippen LogP) is -0.252. The molecule has 0 atom stereocenters. The van der Waals surface area contributed by atoms with Gasteiger partial charge in [0.2, 0.25) is 5.91 Å². The lowest BCUT2D eigenvalue weighted by molar-refractivity contribution is -0.117. The number of nitrogens with two attached hydrogens (primary N) is 3. The molecule has 0 heterocycles. The molecular weight excluding hydrogens is 178 g/mol. The van der Waals surface area contributed by atoms with E-state index in [0.29, 0.717) is 13.0 Å². The summed E-state index contributed by atoms with van der Waals surface area (Å²) in [6.07, 6.45) is 0.296. The van der Waals surface area contributed by atoms with E-state index in [0.717, 1.165) is 11.1 Å². The Balaban J connectivity index is 0.000000791. The minimum atomic E-state index is -0.310. The first kappa shape index (κ1) is 12.6. The molecular formula is C10H17N3O. The van der Waals surface area contributed by atoms with E-state index in [9.17, 15) is 4.79 Å². The molecule has 78 valence electrons. The molecule has 4 nitrogen and oxygen atoms in total. The summed E-state index contributed by atoms with van der Waals surface area (Å²) in [7, 11) is 1.50. The minimum Gasteiger partial charge on any atom is -0.369 e. The molecule has 1 rings (SSSR count). The van der Waals surface area contributed by atoms with Crippen molar-refractivity contribution in [3.05, 3.63) is 35.4 Å². The van der Waals surface area contributed by atoms with Crippen molar-refractivity contribution in [1.29, 1.82) is 0 Å². The molecule has 6 N–H and O–H groups in total. The smallest absolute Gasteiger partial charge is 0.221 e. The van der Waals surface area contributed by atoms with Crippen LogP contribution in [0, 0.1) is 0 Å². The first-order valence-corrected chi connectivity index (χ1v) is 4.36. The van der Waals surface area contributed by atoms with Crippen LogP contribution in [0.15, 0.2) is 24.3 Å². The summed E-state index contributed by atoms with van der Waals surface area (Å²) < 4.78 is 0. The van der Waals surface area contributed by atoms with Crippen molar-refractivity contribution in [3.63, 3.8) is 0 Å². The van der Waals surface area contributed by atoms with Gasteiger partial charge < -0.3 is 17.2 Å². The monoisotopic (exact) mass is 195 g/mol. The molecule has 4 heteroatoms. The van der Waals surface area contributed by atoms with E-state index in [1.807, 2.05) is 24.3 Å². The molecule has 0 bridgehead atoms. The van der Waals surface area contributed by atoms with Gasteiger partial charge in [0.15, 0.2) is 0 Å². The fourth-order valence-corrected chi connectivity index (χ4v) is 0.994. The van der Waals surface area contributed by atoms with Crippen molar-refractivity contribution in [2.45, 2.75) is 13.0 Å². The van der Waals surface area contributed by atoms with E-state index in [-0.39, 0.29) is 5.91 Å². The highest BCUT2D eigenvalue weighted by Gasteiger charge is 1.97. The lowest BCUT2D eigenvalue weighted by Crippen LogP contribution is -2.13. The highest BCUT2D eigenvalue weighted by Crippen LogP contribution is 2.03. The summed E-state index contributed by atoms with van der Waals surface area (Å²) in [6, 6.07) is 7.54. The number of amides is 1. The Morgan fingerprint density at radius 3 is 1.93 bits per heavy atom. The maximum atomic E-state index is 10.5. The third-order valence-electron chi connectivity index (χ3n) is 1.64. The molecule has 1 aromatic rings. The first-order chi connectivity index (χ1) is 6.72. The summed E-state index contributed by atoms with van der Waals surface area (Å²) in [5.41, 5.74) is 16.9. The minimum absolute atomic E-state index is 0.296. The van der Waals surface area contributed by atoms with Crippen LogP contribution in [0.25, 0.3) is 0 Å². The second-order valence-corrected chi connectivity index (χ2v) is 2.66. The van der Waals surface area contributed by atoms with E-state index < -0.39 is 0 Å². The zero-order valence-corrected chi connectivity index (χ0v) is 8.36. The van der Waals surface area contributed by atoms with Crippen LogP contribution in [0.2, 0.25) is 0 Å². The summed E-state index contributed by atoms with van der Waals surface area (Å²) in [5, 5.41) is 0. The Kier molecular flexibility index (Phi) is 6.36. The zero-order chi connectivity index (χ0) is 11.0. The number of rotatable bonds is 3. The third kappa shape index (κ3) is 4.59. The molecule has 0 saturated heterocycles. The van der Waals surface area contributed by atoms with Crippen LogP contribution in [-0.2, 0) is 17.8 Å². The van der Waals surface area contributed by atoms with Crippen molar-refractivity contribution in [2.75, 3.05) is 7.05 Å². The predicted molar refractivity (Wildman–Crippen MR) is 57.3 cm³/mol. The standard InChI is InChI=1S/C9H12N2O.CH5N/c10-6-8-3-1-7(2-4-8)5-9(11)12;1-2/h1-4H,5-6,10H2,(H2,11,12);2H2,1H3. The summed E-state index contributed by atoms with van der Waals surface area (Å²) in [5.74, 6) is -0.310. The van der Waals surface area contributed by atoms with E-state index in [1.165, 1.54) is 7.05 Å². The summed E-state index contributed by atoms with van der Waals surface area (Å²) in [6.45, 7) is 0.525. The molecule has 0 saturated carbocycles. The van der Waals surface area contributed by atoms with Crippen molar-refractivity contribution < 1.29 is 4.79 Å². The van der Waals surface area contributed by atoms with Crippen molar-refractivity contribution >= 4 is 5.91 Å². The summed E-state index contributed by atoms with van der Waals surface area (Å²) in [4.78, 5) is 10.5. The molecule has 0 aliphatic carbocycles. The van der Waals surface area contributed by atoms with Gasteiger partial charge in [-0.3, -0.25) is 4.79 Å². The Hall–Kier alpha value is -1.39. The van der Waals surface area contributed by atoms with Crippen molar-refractivity contribution in [3.8, 4) is 0 Å². The van der Waals surface area contributed by atoms with E-state index in [1.54, 1.807) is 0 Å². The maximum absolute atomic E-state index is 10.5. The van der Waals surface area contributed by atoms with Gasteiger partial charge in [-0.15, -0.1) is 0 Å². The van der Waals surface area contributed by atoms with Crippen molar-refractivity contribution in [1.82, 2.24) is 0 Å². The van der Waals surface area contributed by atoms with Gasteiger partial charge in [0.05, 0.1) is 6.42 Å². The summed E-state index contributed by atoms with van der Waals surface area (Å²) >= 11 is 0. The quantitative estimate of drug-likeness (QED) is 0.620. The molecule has 0 radical (unpaired) electrons. The van der Waals surface area contributed by atoms with Crippen LogP contribution in [0.3, 0.4) is 0 Å². The molecule has 0 unspecified atom stereocenters. The van der Waals surface area contributed by atoms with Crippen LogP contribution in [-0.4, -0.2) is 13.0 Å². The number of benzene rings is 1. The van der Waals surface area contributed by atoms with Gasteiger partial charge in [-0.2, -0.15) is 0 Å². The van der Waals surface area contributed by atoms with Crippen LogP contribution in [0.1, 0.15) is 11.1 Å². The number of carbonyl (C=O) groups excluding carboxylic acids is 1. The molecule has 0 aliphatic rings. The zero-order valence-electron chi connectivity index (χ0n) is 8.36. The highest BCUT2D eigenvalue weighted by atomic mass is 16.1. The largest absolute Gasteiger partial charge is 0.369 e. The van der Waals surface area contributed by atoms with Gasteiger partial charge in [0.25, 0.3) is 0 Å². The van der Waals surface area contributed by atoms with Crippen LogP contribution in [0.4, 0.5) is 0 Å². The number of hydrogen-bond donors (Lipinski definition) is 3. The van der Waals surface area contributed by atoms with Gasteiger partial charge in [-0.25, -0.2) is 0 Å². The van der Waals surface area contributed by atoms with Gasteiger partial charge in [-0.1, -0.05) is 24.3 Å². The van der Waals surface area contributed by atoms with E-state index in [2.05, 4.69) is 5.73 Å². The second-order valence-electron chi connectivity index (χ2n) is 2.66. The fraction of sp³-hybridized carbons (Fsp3) is 0.300. The fourth-order valence-electron chi connectivity index (χ4n) is 0.994. The Morgan fingerprint density at radius 2 is 1.57 bits per heavy atom. The maximum Gasteiger partial charge on any atom is 0.221 e. The average Bonchev–Trinajstić information content (AvgIpc) is 2.21. The van der Waals surface area contributed by atoms with E-state index >= 15 is 0 Å². The van der Waals surface area contributed by atoms with E-state index in [4.69, 9.17) is 11.5 Å². The number of carbonyl (C=O) groups is 1.